The molecule has 122 valence electrons. The largest absolute Gasteiger partial charge is 0.378 e. The predicted molar refractivity (Wildman–Crippen MR) is 86.7 cm³/mol. The van der Waals surface area contributed by atoms with Crippen LogP contribution in [-0.4, -0.2) is 57.9 Å². The molecule has 0 spiro atoms. The van der Waals surface area contributed by atoms with Gasteiger partial charge in [-0.25, -0.2) is 4.39 Å². The number of nitrogens with zero attached hydrogens (tertiary/aromatic N) is 2. The summed E-state index contributed by atoms with van der Waals surface area (Å²) in [7, 11) is 2.17. The fourth-order valence-corrected chi connectivity index (χ4v) is 3.33. The van der Waals surface area contributed by atoms with Crippen molar-refractivity contribution < 1.29 is 9.13 Å². The lowest BCUT2D eigenvalue weighted by Crippen LogP contribution is -2.36. The Kier molecular flexibility index (Phi) is 5.28. The van der Waals surface area contributed by atoms with E-state index >= 15 is 0 Å². The molecule has 4 nitrogen and oxygen atoms in total. The molecule has 1 atom stereocenters. The first-order chi connectivity index (χ1) is 10.7. The number of nitrogens with one attached hydrogen (secondary N) is 1. The number of rotatable bonds is 5. The van der Waals surface area contributed by atoms with Crippen LogP contribution in [0.25, 0.3) is 0 Å². The molecule has 3 rings (SSSR count). The fourth-order valence-electron chi connectivity index (χ4n) is 3.33. The highest BCUT2D eigenvalue weighted by Gasteiger charge is 2.19. The first-order valence-corrected chi connectivity index (χ1v) is 8.23. The van der Waals surface area contributed by atoms with Crippen molar-refractivity contribution in [2.75, 3.05) is 57.9 Å². The van der Waals surface area contributed by atoms with Gasteiger partial charge in [-0.3, -0.25) is 0 Å². The molecule has 0 saturated carbocycles. The quantitative estimate of drug-likeness (QED) is 0.896. The third kappa shape index (κ3) is 3.97. The summed E-state index contributed by atoms with van der Waals surface area (Å²) in [6, 6.07) is 5.60. The standard InChI is InChI=1S/C17H26FN3O/c1-20-5-4-15(13-20)12-19-11-14-2-3-17(16(18)10-14)21-6-8-22-9-7-21/h2-3,10,15,19H,4-9,11-13H2,1H3/t15-/m0/s1. The number of likely N-dealkylation sites (tertiary alicyclic amines) is 1. The second kappa shape index (κ2) is 7.40. The van der Waals surface area contributed by atoms with E-state index in [9.17, 15) is 4.39 Å². The van der Waals surface area contributed by atoms with Crippen LogP contribution in [0.5, 0.6) is 0 Å². The molecule has 2 heterocycles. The summed E-state index contributed by atoms with van der Waals surface area (Å²) in [5, 5.41) is 3.46. The van der Waals surface area contributed by atoms with E-state index in [1.807, 2.05) is 12.1 Å². The molecule has 22 heavy (non-hydrogen) atoms. The van der Waals surface area contributed by atoms with Gasteiger partial charge in [-0.05, 0) is 50.2 Å². The van der Waals surface area contributed by atoms with Gasteiger partial charge in [0.05, 0.1) is 18.9 Å². The Bertz CT molecular complexity index is 491. The van der Waals surface area contributed by atoms with E-state index in [2.05, 4.69) is 22.2 Å². The van der Waals surface area contributed by atoms with Crippen LogP contribution < -0.4 is 10.2 Å². The van der Waals surface area contributed by atoms with E-state index < -0.39 is 0 Å². The molecule has 1 N–H and O–H groups in total. The molecule has 1 aromatic carbocycles. The van der Waals surface area contributed by atoms with Crippen LogP contribution in [0.1, 0.15) is 12.0 Å². The van der Waals surface area contributed by atoms with Crippen molar-refractivity contribution in [2.45, 2.75) is 13.0 Å². The second-order valence-corrected chi connectivity index (χ2v) is 6.43. The summed E-state index contributed by atoms with van der Waals surface area (Å²) in [6.07, 6.45) is 1.26. The maximum Gasteiger partial charge on any atom is 0.146 e. The van der Waals surface area contributed by atoms with Gasteiger partial charge in [-0.2, -0.15) is 0 Å². The van der Waals surface area contributed by atoms with E-state index in [1.165, 1.54) is 13.0 Å². The Balaban J connectivity index is 1.50. The minimum absolute atomic E-state index is 0.123. The molecule has 0 bridgehead atoms. The predicted octanol–water partition coefficient (Wildman–Crippen LogP) is 1.70. The molecular formula is C17H26FN3O. The normalized spacial score (nSPS) is 23.2. The van der Waals surface area contributed by atoms with Gasteiger partial charge in [0.25, 0.3) is 0 Å². The Labute approximate surface area is 132 Å². The van der Waals surface area contributed by atoms with Crippen molar-refractivity contribution in [3.05, 3.63) is 29.6 Å². The Morgan fingerprint density at radius 2 is 2.09 bits per heavy atom. The summed E-state index contributed by atoms with van der Waals surface area (Å²) in [4.78, 5) is 4.42. The third-order valence-electron chi connectivity index (χ3n) is 4.61. The van der Waals surface area contributed by atoms with E-state index in [-0.39, 0.29) is 5.82 Å². The summed E-state index contributed by atoms with van der Waals surface area (Å²) in [5.74, 6) is 0.601. The van der Waals surface area contributed by atoms with Crippen LogP contribution in [0.15, 0.2) is 18.2 Å². The summed E-state index contributed by atoms with van der Waals surface area (Å²) in [6.45, 7) is 6.99. The zero-order valence-corrected chi connectivity index (χ0v) is 13.4. The van der Waals surface area contributed by atoms with Crippen LogP contribution in [0.3, 0.4) is 0 Å². The average Bonchev–Trinajstić information content (AvgIpc) is 2.94. The second-order valence-electron chi connectivity index (χ2n) is 6.43. The molecule has 0 aliphatic carbocycles. The Morgan fingerprint density at radius 1 is 1.27 bits per heavy atom. The number of hydrogen-bond acceptors (Lipinski definition) is 4. The van der Waals surface area contributed by atoms with Crippen molar-refractivity contribution in [1.29, 1.82) is 0 Å². The van der Waals surface area contributed by atoms with E-state index in [0.717, 1.165) is 44.2 Å². The SMILES string of the molecule is CN1CC[C@@H](CNCc2ccc(N3CCOCC3)c(F)c2)C1. The minimum Gasteiger partial charge on any atom is -0.378 e. The van der Waals surface area contributed by atoms with Crippen molar-refractivity contribution >= 4 is 5.69 Å². The van der Waals surface area contributed by atoms with Gasteiger partial charge >= 0.3 is 0 Å². The molecule has 1 aromatic rings. The smallest absolute Gasteiger partial charge is 0.146 e. The number of anilines is 1. The topological polar surface area (TPSA) is 27.7 Å². The minimum atomic E-state index is -0.123. The van der Waals surface area contributed by atoms with E-state index in [1.54, 1.807) is 6.07 Å². The third-order valence-corrected chi connectivity index (χ3v) is 4.61. The number of morpholine rings is 1. The highest BCUT2D eigenvalue weighted by Crippen LogP contribution is 2.21. The molecule has 2 aliphatic rings. The Morgan fingerprint density at radius 3 is 2.77 bits per heavy atom. The Hall–Kier alpha value is -1.17. The van der Waals surface area contributed by atoms with E-state index in [4.69, 9.17) is 4.74 Å². The molecular weight excluding hydrogens is 281 g/mol. The van der Waals surface area contributed by atoms with Crippen LogP contribution in [0, 0.1) is 11.7 Å². The molecule has 2 fully saturated rings. The summed E-state index contributed by atoms with van der Waals surface area (Å²) < 4.78 is 19.6. The first kappa shape index (κ1) is 15.7. The number of ether oxygens (including phenoxy) is 1. The lowest BCUT2D eigenvalue weighted by atomic mass is 10.1. The van der Waals surface area contributed by atoms with Gasteiger partial charge in [-0.15, -0.1) is 0 Å². The molecule has 0 unspecified atom stereocenters. The van der Waals surface area contributed by atoms with Gasteiger partial charge in [0, 0.05) is 26.2 Å². The number of hydrogen-bond donors (Lipinski definition) is 1. The molecule has 0 amide bonds. The van der Waals surface area contributed by atoms with Crippen molar-refractivity contribution in [2.24, 2.45) is 5.92 Å². The lowest BCUT2D eigenvalue weighted by molar-refractivity contribution is 0.122. The van der Waals surface area contributed by atoms with Crippen molar-refractivity contribution in [1.82, 2.24) is 10.2 Å². The van der Waals surface area contributed by atoms with Crippen LogP contribution in [-0.2, 0) is 11.3 Å². The maximum atomic E-state index is 14.3. The number of benzene rings is 1. The van der Waals surface area contributed by atoms with Crippen molar-refractivity contribution in [3.63, 3.8) is 0 Å². The molecule has 0 radical (unpaired) electrons. The zero-order chi connectivity index (χ0) is 15.4. The van der Waals surface area contributed by atoms with Crippen LogP contribution in [0.2, 0.25) is 0 Å². The van der Waals surface area contributed by atoms with Gasteiger partial charge < -0.3 is 19.9 Å². The summed E-state index contributed by atoms with van der Waals surface area (Å²) in [5.41, 5.74) is 1.71. The lowest BCUT2D eigenvalue weighted by Gasteiger charge is -2.29. The van der Waals surface area contributed by atoms with Gasteiger partial charge in [0.1, 0.15) is 5.82 Å². The molecule has 5 heteroatoms. The highest BCUT2D eigenvalue weighted by molar-refractivity contribution is 5.49. The molecule has 0 aromatic heterocycles. The fraction of sp³-hybridized carbons (Fsp3) is 0.647. The average molecular weight is 307 g/mol. The number of halogens is 1. The molecule has 2 aliphatic heterocycles. The zero-order valence-electron chi connectivity index (χ0n) is 13.4. The van der Waals surface area contributed by atoms with E-state index in [0.29, 0.717) is 18.9 Å². The monoisotopic (exact) mass is 307 g/mol. The highest BCUT2D eigenvalue weighted by atomic mass is 19.1. The van der Waals surface area contributed by atoms with Gasteiger partial charge in [-0.1, -0.05) is 6.07 Å². The van der Waals surface area contributed by atoms with Crippen LogP contribution in [0.4, 0.5) is 10.1 Å². The van der Waals surface area contributed by atoms with Gasteiger partial charge in [0.15, 0.2) is 0 Å². The summed E-state index contributed by atoms with van der Waals surface area (Å²) >= 11 is 0. The van der Waals surface area contributed by atoms with Gasteiger partial charge in [0.2, 0.25) is 0 Å². The first-order valence-electron chi connectivity index (χ1n) is 8.23. The maximum absolute atomic E-state index is 14.3. The molecule has 2 saturated heterocycles. The van der Waals surface area contributed by atoms with Crippen LogP contribution >= 0.6 is 0 Å². The van der Waals surface area contributed by atoms with Crippen molar-refractivity contribution in [3.8, 4) is 0 Å².